The Morgan fingerprint density at radius 1 is 0.895 bits per heavy atom. The van der Waals surface area contributed by atoms with Gasteiger partial charge in [0.25, 0.3) is 5.91 Å². The Morgan fingerprint density at radius 2 is 1.66 bits per heavy atom. The predicted octanol–water partition coefficient (Wildman–Crippen LogP) is 8.77. The van der Waals surface area contributed by atoms with Crippen molar-refractivity contribution in [3.8, 4) is 22.8 Å². The van der Waals surface area contributed by atoms with Gasteiger partial charge in [-0.1, -0.05) is 65.7 Å². The van der Waals surface area contributed by atoms with Crippen molar-refractivity contribution in [3.63, 3.8) is 0 Å². The second-order valence-electron chi connectivity index (χ2n) is 8.61. The number of anilines is 1. The number of amides is 1. The van der Waals surface area contributed by atoms with Crippen LogP contribution in [0.5, 0.6) is 0 Å². The third-order valence-corrected chi connectivity index (χ3v) is 7.52. The summed E-state index contributed by atoms with van der Waals surface area (Å²) in [5, 5.41) is 5.52. The Hall–Kier alpha value is -3.97. The quantitative estimate of drug-likeness (QED) is 0.223. The lowest BCUT2D eigenvalue weighted by Crippen LogP contribution is -2.12. The molecule has 0 radical (unpaired) electrons. The number of para-hydroxylation sites is 1. The Balaban J connectivity index is 1.29. The van der Waals surface area contributed by atoms with Crippen LogP contribution in [0.25, 0.3) is 33.7 Å². The number of fused-ring (bicyclic) bond motifs is 1. The van der Waals surface area contributed by atoms with E-state index in [0.29, 0.717) is 49.9 Å². The summed E-state index contributed by atoms with van der Waals surface area (Å²) >= 11 is 13.8. The van der Waals surface area contributed by atoms with E-state index in [9.17, 15) is 4.79 Å². The third-order valence-electron chi connectivity index (χ3n) is 6.02. The Morgan fingerprint density at radius 3 is 2.50 bits per heavy atom. The Kier molecular flexibility index (Phi) is 6.68. The standard InChI is InChI=1S/C30H19Cl2N3O2S/c31-19-11-9-18(10-12-19)15-20-17-33-30(38-20)35-29(36)23-16-26(34-25-8-4-2-5-21(23)25)28-14-13-27(37-28)22-6-1-3-7-24(22)32/h1-14,16-17H,15H2,(H,33,35,36). The first-order valence-electron chi connectivity index (χ1n) is 11.8. The number of nitrogens with zero attached hydrogens (tertiary/aromatic N) is 2. The average molecular weight is 556 g/mol. The summed E-state index contributed by atoms with van der Waals surface area (Å²) in [6.45, 7) is 0. The van der Waals surface area contributed by atoms with Crippen molar-refractivity contribution >= 4 is 56.5 Å². The van der Waals surface area contributed by atoms with Crippen LogP contribution in [0.4, 0.5) is 5.13 Å². The van der Waals surface area contributed by atoms with Crippen molar-refractivity contribution in [1.82, 2.24) is 9.97 Å². The number of hydrogen-bond acceptors (Lipinski definition) is 5. The molecule has 0 aliphatic carbocycles. The lowest BCUT2D eigenvalue weighted by atomic mass is 10.1. The molecular weight excluding hydrogens is 537 g/mol. The molecule has 3 aromatic heterocycles. The SMILES string of the molecule is O=C(Nc1ncc(Cc2ccc(Cl)cc2)s1)c1cc(-c2ccc(-c3ccccc3Cl)o2)nc2ccccc12. The number of carbonyl (C=O) groups is 1. The van der Waals surface area contributed by atoms with Gasteiger partial charge < -0.3 is 4.42 Å². The number of thiazole rings is 1. The molecule has 0 unspecified atom stereocenters. The maximum atomic E-state index is 13.5. The number of pyridine rings is 1. The summed E-state index contributed by atoms with van der Waals surface area (Å²) in [6.07, 6.45) is 2.49. The average Bonchev–Trinajstić information content (AvgIpc) is 3.59. The zero-order chi connectivity index (χ0) is 26.1. The van der Waals surface area contributed by atoms with Gasteiger partial charge in [0.2, 0.25) is 0 Å². The van der Waals surface area contributed by atoms with E-state index in [1.807, 2.05) is 84.9 Å². The first kappa shape index (κ1) is 24.4. The highest BCUT2D eigenvalue weighted by Gasteiger charge is 2.18. The van der Waals surface area contributed by atoms with Crippen molar-refractivity contribution in [3.05, 3.63) is 123 Å². The largest absolute Gasteiger partial charge is 0.454 e. The fraction of sp³-hybridized carbons (Fsp3) is 0.0333. The molecule has 6 rings (SSSR count). The number of furan rings is 1. The van der Waals surface area contributed by atoms with Gasteiger partial charge in [0.15, 0.2) is 10.9 Å². The van der Waals surface area contributed by atoms with Crippen LogP contribution in [0, 0.1) is 0 Å². The smallest absolute Gasteiger partial charge is 0.258 e. The molecule has 1 amide bonds. The van der Waals surface area contributed by atoms with E-state index in [1.54, 1.807) is 12.3 Å². The van der Waals surface area contributed by atoms with Crippen LogP contribution in [0.3, 0.4) is 0 Å². The molecule has 3 heterocycles. The van der Waals surface area contributed by atoms with Crippen molar-refractivity contribution in [2.24, 2.45) is 0 Å². The summed E-state index contributed by atoms with van der Waals surface area (Å²) < 4.78 is 6.11. The third kappa shape index (κ3) is 5.07. The van der Waals surface area contributed by atoms with Crippen LogP contribution in [0.15, 0.2) is 102 Å². The van der Waals surface area contributed by atoms with E-state index in [2.05, 4.69) is 10.3 Å². The molecule has 0 spiro atoms. The highest BCUT2D eigenvalue weighted by Crippen LogP contribution is 2.33. The van der Waals surface area contributed by atoms with Crippen molar-refractivity contribution in [1.29, 1.82) is 0 Å². The zero-order valence-corrected chi connectivity index (χ0v) is 22.1. The number of benzene rings is 3. The molecule has 0 aliphatic rings. The molecule has 5 nitrogen and oxygen atoms in total. The molecular formula is C30H19Cl2N3O2S. The van der Waals surface area contributed by atoms with Crippen LogP contribution < -0.4 is 5.32 Å². The van der Waals surface area contributed by atoms with Gasteiger partial charge in [0.1, 0.15) is 11.5 Å². The number of hydrogen-bond donors (Lipinski definition) is 1. The molecule has 0 fully saturated rings. The van der Waals surface area contributed by atoms with E-state index < -0.39 is 0 Å². The molecule has 38 heavy (non-hydrogen) atoms. The van der Waals surface area contributed by atoms with E-state index in [4.69, 9.17) is 32.6 Å². The summed E-state index contributed by atoms with van der Waals surface area (Å²) in [4.78, 5) is 23.7. The normalized spacial score (nSPS) is 11.1. The second kappa shape index (κ2) is 10.4. The van der Waals surface area contributed by atoms with Gasteiger partial charge in [-0.2, -0.15) is 0 Å². The second-order valence-corrected chi connectivity index (χ2v) is 10.6. The lowest BCUT2D eigenvalue weighted by Gasteiger charge is -2.08. The van der Waals surface area contributed by atoms with Gasteiger partial charge in [-0.15, -0.1) is 11.3 Å². The van der Waals surface area contributed by atoms with Gasteiger partial charge in [0.05, 0.1) is 16.1 Å². The fourth-order valence-corrected chi connectivity index (χ4v) is 5.38. The van der Waals surface area contributed by atoms with Crippen molar-refractivity contribution in [2.45, 2.75) is 6.42 Å². The first-order valence-corrected chi connectivity index (χ1v) is 13.4. The summed E-state index contributed by atoms with van der Waals surface area (Å²) in [5.74, 6) is 0.900. The fourth-order valence-electron chi connectivity index (χ4n) is 4.19. The van der Waals surface area contributed by atoms with Crippen molar-refractivity contribution < 1.29 is 9.21 Å². The number of carbonyl (C=O) groups excluding carboxylic acids is 1. The molecule has 0 aliphatic heterocycles. The molecule has 6 aromatic rings. The van der Waals surface area contributed by atoms with E-state index in [1.165, 1.54) is 11.3 Å². The topological polar surface area (TPSA) is 68.0 Å². The summed E-state index contributed by atoms with van der Waals surface area (Å²) in [6, 6.07) is 28.1. The minimum atomic E-state index is -0.268. The highest BCUT2D eigenvalue weighted by molar-refractivity contribution is 7.15. The van der Waals surface area contributed by atoms with Crippen LogP contribution in [-0.4, -0.2) is 15.9 Å². The Bertz CT molecular complexity index is 1780. The van der Waals surface area contributed by atoms with Crippen LogP contribution in [0.1, 0.15) is 20.8 Å². The minimum absolute atomic E-state index is 0.268. The number of halogens is 2. The lowest BCUT2D eigenvalue weighted by molar-refractivity contribution is 0.102. The molecule has 8 heteroatoms. The van der Waals surface area contributed by atoms with E-state index in [0.717, 1.165) is 21.4 Å². The summed E-state index contributed by atoms with van der Waals surface area (Å²) in [5.41, 5.74) is 3.63. The van der Waals surface area contributed by atoms with Gasteiger partial charge >= 0.3 is 0 Å². The van der Waals surface area contributed by atoms with Gasteiger partial charge in [0, 0.05) is 33.5 Å². The van der Waals surface area contributed by atoms with E-state index in [-0.39, 0.29) is 5.91 Å². The molecule has 0 saturated heterocycles. The molecule has 3 aromatic carbocycles. The number of aromatic nitrogens is 2. The molecule has 186 valence electrons. The zero-order valence-electron chi connectivity index (χ0n) is 19.8. The molecule has 0 atom stereocenters. The van der Waals surface area contributed by atoms with Gasteiger partial charge in [-0.05, 0) is 54.1 Å². The maximum absolute atomic E-state index is 13.5. The molecule has 0 bridgehead atoms. The number of rotatable bonds is 6. The predicted molar refractivity (Wildman–Crippen MR) is 154 cm³/mol. The van der Waals surface area contributed by atoms with Crippen LogP contribution in [-0.2, 0) is 6.42 Å². The number of nitrogens with one attached hydrogen (secondary N) is 1. The minimum Gasteiger partial charge on any atom is -0.454 e. The van der Waals surface area contributed by atoms with Crippen LogP contribution >= 0.6 is 34.5 Å². The monoisotopic (exact) mass is 555 g/mol. The van der Waals surface area contributed by atoms with Gasteiger partial charge in [-0.3, -0.25) is 10.1 Å². The van der Waals surface area contributed by atoms with E-state index >= 15 is 0 Å². The van der Waals surface area contributed by atoms with Crippen LogP contribution in [0.2, 0.25) is 10.0 Å². The van der Waals surface area contributed by atoms with Crippen molar-refractivity contribution in [2.75, 3.05) is 5.32 Å². The maximum Gasteiger partial charge on any atom is 0.258 e. The first-order chi connectivity index (χ1) is 18.5. The Labute approximate surface area is 232 Å². The molecule has 1 N–H and O–H groups in total. The van der Waals surface area contributed by atoms with Gasteiger partial charge in [-0.25, -0.2) is 9.97 Å². The summed E-state index contributed by atoms with van der Waals surface area (Å²) in [7, 11) is 0. The highest BCUT2D eigenvalue weighted by atomic mass is 35.5. The molecule has 0 saturated carbocycles.